The lowest BCUT2D eigenvalue weighted by molar-refractivity contribution is -0.142. The Balaban J connectivity index is 3.47. The maximum atomic E-state index is 13.6. The molecule has 3 nitrogen and oxygen atoms in total. The van der Waals surface area contributed by atoms with E-state index in [1.165, 1.54) is 6.92 Å². The predicted octanol–water partition coefficient (Wildman–Crippen LogP) is 3.35. The van der Waals surface area contributed by atoms with Crippen molar-refractivity contribution in [2.24, 2.45) is 0 Å². The van der Waals surface area contributed by atoms with Gasteiger partial charge >= 0.3 is 12.1 Å². The van der Waals surface area contributed by atoms with Crippen molar-refractivity contribution in [1.29, 1.82) is 0 Å². The number of alkyl halides is 5. The lowest BCUT2D eigenvalue weighted by atomic mass is 10.1. The Hall–Kier alpha value is -1.80. The Morgan fingerprint density at radius 1 is 1.42 bits per heavy atom. The molecule has 106 valence electrons. The van der Waals surface area contributed by atoms with Crippen LogP contribution in [0.1, 0.15) is 35.0 Å². The summed E-state index contributed by atoms with van der Waals surface area (Å²) in [5.74, 6) is -3.52. The minimum atomic E-state index is -5.40. The van der Waals surface area contributed by atoms with Gasteiger partial charge < -0.3 is 4.74 Å². The lowest BCUT2D eigenvalue weighted by Gasteiger charge is -2.14. The van der Waals surface area contributed by atoms with Crippen molar-refractivity contribution >= 4 is 5.97 Å². The van der Waals surface area contributed by atoms with E-state index in [1.54, 1.807) is 0 Å². The van der Waals surface area contributed by atoms with Gasteiger partial charge in [-0.15, -0.1) is 0 Å². The predicted molar refractivity (Wildman–Crippen MR) is 50.1 cm³/mol. The van der Waals surface area contributed by atoms with Crippen molar-refractivity contribution in [2.45, 2.75) is 19.5 Å². The van der Waals surface area contributed by atoms with Gasteiger partial charge in [-0.05, 0) is 6.92 Å². The smallest absolute Gasteiger partial charge is 0.421 e. The fourth-order valence-corrected chi connectivity index (χ4v) is 1.29. The van der Waals surface area contributed by atoms with Crippen LogP contribution >= 0.6 is 0 Å². The third-order valence-electron chi connectivity index (χ3n) is 2.03. The van der Waals surface area contributed by atoms with Gasteiger partial charge in [0.05, 0.1) is 6.61 Å². The van der Waals surface area contributed by atoms with Crippen LogP contribution in [0.5, 0.6) is 0 Å². The molecule has 9 heteroatoms. The quantitative estimate of drug-likeness (QED) is 0.632. The first-order chi connectivity index (χ1) is 8.70. The number of carbonyl (C=O) groups is 1. The lowest BCUT2D eigenvalue weighted by Crippen LogP contribution is -2.19. The number of hydrogen-bond acceptors (Lipinski definition) is 3. The number of carbonyl (C=O) groups excluding carboxylic acids is 1. The van der Waals surface area contributed by atoms with Crippen molar-refractivity contribution in [3.05, 3.63) is 28.8 Å². The summed E-state index contributed by atoms with van der Waals surface area (Å²) < 4.78 is 80.2. The average Bonchev–Trinajstić information content (AvgIpc) is 2.26. The molecule has 0 unspecified atom stereocenters. The third kappa shape index (κ3) is 3.15. The zero-order valence-electron chi connectivity index (χ0n) is 9.39. The number of aromatic nitrogens is 1. The van der Waals surface area contributed by atoms with E-state index in [-0.39, 0.29) is 6.61 Å². The summed E-state index contributed by atoms with van der Waals surface area (Å²) in [6.45, 7) is 1.14. The van der Waals surface area contributed by atoms with Crippen LogP contribution in [0.25, 0.3) is 0 Å². The second-order valence-electron chi connectivity index (χ2n) is 3.27. The van der Waals surface area contributed by atoms with E-state index < -0.39 is 41.2 Å². The average molecular weight is 287 g/mol. The van der Waals surface area contributed by atoms with Gasteiger partial charge in [0.2, 0.25) is 0 Å². The zero-order valence-corrected chi connectivity index (χ0v) is 9.39. The summed E-state index contributed by atoms with van der Waals surface area (Å²) in [6.07, 6.45) is -8.72. The minimum Gasteiger partial charge on any atom is -0.462 e. The van der Waals surface area contributed by atoms with E-state index in [9.17, 15) is 31.1 Å². The van der Waals surface area contributed by atoms with Gasteiger partial charge in [-0.1, -0.05) is 0 Å². The molecule has 0 saturated carbocycles. The highest BCUT2D eigenvalue weighted by atomic mass is 19.4. The molecule has 1 rings (SSSR count). The van der Waals surface area contributed by atoms with Crippen LogP contribution in [0.2, 0.25) is 0 Å². The third-order valence-corrected chi connectivity index (χ3v) is 2.03. The fourth-order valence-electron chi connectivity index (χ4n) is 1.29. The maximum absolute atomic E-state index is 13.6. The standard InChI is InChI=1S/C10H7F6NO2/c1-2-19-9(18)4-3-17-7(8(12)13)5(6(4)11)10(14,15)16/h3,8H,2H2,1H3. The Morgan fingerprint density at radius 2 is 2.00 bits per heavy atom. The van der Waals surface area contributed by atoms with E-state index in [4.69, 9.17) is 0 Å². The molecule has 0 aliphatic carbocycles. The highest BCUT2D eigenvalue weighted by Crippen LogP contribution is 2.37. The molecule has 1 aromatic rings. The summed E-state index contributed by atoms with van der Waals surface area (Å²) in [5, 5.41) is 0. The molecule has 1 heterocycles. The number of rotatable bonds is 3. The summed E-state index contributed by atoms with van der Waals surface area (Å²) in [5.41, 5.74) is -5.16. The Kier molecular flexibility index (Phi) is 4.38. The number of ether oxygens (including phenoxy) is 1. The van der Waals surface area contributed by atoms with Crippen LogP contribution in [-0.4, -0.2) is 17.6 Å². The first-order valence-electron chi connectivity index (χ1n) is 4.91. The van der Waals surface area contributed by atoms with Crippen molar-refractivity contribution in [3.8, 4) is 0 Å². The fraction of sp³-hybridized carbons (Fsp3) is 0.400. The molecule has 0 radical (unpaired) electrons. The maximum Gasteiger partial charge on any atom is 0.421 e. The normalized spacial score (nSPS) is 11.8. The number of pyridine rings is 1. The number of hydrogen-bond donors (Lipinski definition) is 0. The molecular formula is C10H7F6NO2. The Bertz CT molecular complexity index is 486. The molecule has 0 aromatic carbocycles. The Labute approximate surface area is 103 Å². The SMILES string of the molecule is CCOC(=O)c1cnc(C(F)F)c(C(F)(F)F)c1F. The number of esters is 1. The molecule has 0 atom stereocenters. The highest BCUT2D eigenvalue weighted by Gasteiger charge is 2.42. The molecule has 0 aliphatic heterocycles. The Morgan fingerprint density at radius 3 is 2.42 bits per heavy atom. The topological polar surface area (TPSA) is 39.2 Å². The molecule has 0 spiro atoms. The van der Waals surface area contributed by atoms with Crippen LogP contribution < -0.4 is 0 Å². The van der Waals surface area contributed by atoms with Crippen molar-refractivity contribution in [2.75, 3.05) is 6.61 Å². The molecule has 1 aromatic heterocycles. The minimum absolute atomic E-state index is 0.212. The van der Waals surface area contributed by atoms with Crippen LogP contribution in [0, 0.1) is 5.82 Å². The van der Waals surface area contributed by atoms with Crippen LogP contribution in [0.4, 0.5) is 26.3 Å². The van der Waals surface area contributed by atoms with Gasteiger partial charge in [-0.3, -0.25) is 4.98 Å². The molecule has 0 aliphatic rings. The van der Waals surface area contributed by atoms with Crippen LogP contribution in [0.15, 0.2) is 6.20 Å². The molecule has 0 N–H and O–H groups in total. The van der Waals surface area contributed by atoms with Gasteiger partial charge in [0.1, 0.15) is 16.8 Å². The van der Waals surface area contributed by atoms with E-state index >= 15 is 0 Å². The van der Waals surface area contributed by atoms with Crippen LogP contribution in [0.3, 0.4) is 0 Å². The largest absolute Gasteiger partial charge is 0.462 e. The monoisotopic (exact) mass is 287 g/mol. The molecule has 0 amide bonds. The highest BCUT2D eigenvalue weighted by molar-refractivity contribution is 5.89. The summed E-state index contributed by atoms with van der Waals surface area (Å²) in [4.78, 5) is 14.0. The summed E-state index contributed by atoms with van der Waals surface area (Å²) in [7, 11) is 0. The van der Waals surface area contributed by atoms with E-state index in [0.717, 1.165) is 0 Å². The number of nitrogens with zero attached hydrogens (tertiary/aromatic N) is 1. The summed E-state index contributed by atoms with van der Waals surface area (Å²) in [6, 6.07) is 0. The molecule has 0 fully saturated rings. The molecule has 19 heavy (non-hydrogen) atoms. The summed E-state index contributed by atoms with van der Waals surface area (Å²) >= 11 is 0. The van der Waals surface area contributed by atoms with E-state index in [2.05, 4.69) is 9.72 Å². The van der Waals surface area contributed by atoms with E-state index in [1.807, 2.05) is 0 Å². The molecule has 0 bridgehead atoms. The van der Waals surface area contributed by atoms with Gasteiger partial charge in [0.25, 0.3) is 6.43 Å². The van der Waals surface area contributed by atoms with Crippen LogP contribution in [-0.2, 0) is 10.9 Å². The number of halogens is 6. The van der Waals surface area contributed by atoms with E-state index in [0.29, 0.717) is 6.20 Å². The second-order valence-corrected chi connectivity index (χ2v) is 3.27. The first-order valence-corrected chi connectivity index (χ1v) is 4.91. The second kappa shape index (κ2) is 5.45. The van der Waals surface area contributed by atoms with Gasteiger partial charge in [-0.2, -0.15) is 13.2 Å². The van der Waals surface area contributed by atoms with Gasteiger partial charge in [0.15, 0.2) is 5.82 Å². The van der Waals surface area contributed by atoms with Crippen molar-refractivity contribution in [3.63, 3.8) is 0 Å². The molecular weight excluding hydrogens is 280 g/mol. The van der Waals surface area contributed by atoms with Gasteiger partial charge in [-0.25, -0.2) is 18.0 Å². The van der Waals surface area contributed by atoms with Crippen molar-refractivity contribution in [1.82, 2.24) is 4.98 Å². The van der Waals surface area contributed by atoms with Gasteiger partial charge in [0, 0.05) is 6.20 Å². The zero-order chi connectivity index (χ0) is 14.8. The van der Waals surface area contributed by atoms with Crippen molar-refractivity contribution < 1.29 is 35.9 Å². The first kappa shape index (κ1) is 15.3. The molecule has 0 saturated heterocycles.